The summed E-state index contributed by atoms with van der Waals surface area (Å²) in [5.74, 6) is -0.789. The molecule has 0 aromatic heterocycles. The minimum Gasteiger partial charge on any atom is -0.327 e. The summed E-state index contributed by atoms with van der Waals surface area (Å²) in [6.07, 6.45) is 2.59. The molecule has 1 aromatic rings. The smallest absolute Gasteiger partial charge is 0.283 e. The Kier molecular flexibility index (Phi) is 2.69. The molecule has 0 radical (unpaired) electrons. The van der Waals surface area contributed by atoms with Crippen LogP contribution in [0.5, 0.6) is 0 Å². The molecule has 2 atom stereocenters. The van der Waals surface area contributed by atoms with Gasteiger partial charge in [-0.1, -0.05) is 30.3 Å². The van der Waals surface area contributed by atoms with Gasteiger partial charge in [-0.25, -0.2) is 0 Å². The standard InChI is InChI=1S/C14H18O3/c1-13-9-10-15-14(17-13,16-11-13)8-7-12-5-3-2-4-6-12/h2-6H,7-11H2,1H3/t13-,14+/m0/s1/i15+2. The Morgan fingerprint density at radius 2 is 2.12 bits per heavy atom. The number of benzene rings is 1. The van der Waals surface area contributed by atoms with Crippen molar-refractivity contribution in [3.8, 4) is 0 Å². The summed E-state index contributed by atoms with van der Waals surface area (Å²) >= 11 is 0. The van der Waals surface area contributed by atoms with Gasteiger partial charge in [-0.3, -0.25) is 0 Å². The average molecular weight is 236 g/mol. The van der Waals surface area contributed by atoms with Crippen LogP contribution >= 0.6 is 0 Å². The van der Waals surface area contributed by atoms with Crippen LogP contribution in [0.25, 0.3) is 0 Å². The van der Waals surface area contributed by atoms with E-state index in [0.717, 1.165) is 25.9 Å². The first kappa shape index (κ1) is 11.2. The molecule has 0 amide bonds. The second-order valence-electron chi connectivity index (χ2n) is 5.11. The lowest BCUT2D eigenvalue weighted by atomic mass is 10.0. The van der Waals surface area contributed by atoms with E-state index in [1.165, 1.54) is 5.56 Å². The predicted molar refractivity (Wildman–Crippen MR) is 63.5 cm³/mol. The molecule has 0 unspecified atom stereocenters. The third-order valence-electron chi connectivity index (χ3n) is 3.51. The number of hydrogen-bond acceptors (Lipinski definition) is 3. The maximum atomic E-state index is 5.95. The normalized spacial score (nSPS) is 36.1. The molecule has 0 saturated carbocycles. The molecule has 0 spiro atoms. The molecule has 0 aliphatic carbocycles. The van der Waals surface area contributed by atoms with Gasteiger partial charge >= 0.3 is 0 Å². The molecule has 17 heavy (non-hydrogen) atoms. The van der Waals surface area contributed by atoms with Crippen molar-refractivity contribution in [1.82, 2.24) is 0 Å². The highest BCUT2D eigenvalue weighted by molar-refractivity contribution is 5.14. The van der Waals surface area contributed by atoms with E-state index >= 15 is 0 Å². The van der Waals surface area contributed by atoms with Crippen LogP contribution in [0.15, 0.2) is 30.3 Å². The monoisotopic (exact) mass is 236 g/mol. The van der Waals surface area contributed by atoms with Crippen molar-refractivity contribution in [3.63, 3.8) is 0 Å². The molecule has 2 aliphatic rings. The zero-order chi connectivity index (χ0) is 11.8. The summed E-state index contributed by atoms with van der Waals surface area (Å²) in [5, 5.41) is 0. The minimum absolute atomic E-state index is 0.144. The Hall–Kier alpha value is -0.900. The maximum absolute atomic E-state index is 5.95. The van der Waals surface area contributed by atoms with E-state index in [4.69, 9.17) is 14.2 Å². The number of rotatable bonds is 3. The largest absolute Gasteiger partial charge is 0.327 e. The molecule has 2 fully saturated rings. The van der Waals surface area contributed by atoms with Gasteiger partial charge in [-0.2, -0.15) is 0 Å². The van der Waals surface area contributed by atoms with Crippen LogP contribution < -0.4 is 0 Å². The molecular formula is C14H18O3. The lowest BCUT2D eigenvalue weighted by Crippen LogP contribution is -2.43. The maximum Gasteiger partial charge on any atom is 0.283 e. The van der Waals surface area contributed by atoms with Crippen molar-refractivity contribution in [2.75, 3.05) is 13.2 Å². The van der Waals surface area contributed by atoms with Crippen molar-refractivity contribution >= 4 is 0 Å². The molecular weight excluding hydrogens is 218 g/mol. The third kappa shape index (κ3) is 2.23. The highest BCUT2D eigenvalue weighted by Gasteiger charge is 2.52. The fraction of sp³-hybridized carbons (Fsp3) is 0.571. The summed E-state index contributed by atoms with van der Waals surface area (Å²) in [5.41, 5.74) is 1.14. The zero-order valence-corrected chi connectivity index (χ0v) is 10.1. The van der Waals surface area contributed by atoms with Crippen molar-refractivity contribution in [2.24, 2.45) is 0 Å². The summed E-state index contributed by atoms with van der Waals surface area (Å²) in [6, 6.07) is 10.4. The Balaban J connectivity index is 1.66. The van der Waals surface area contributed by atoms with Gasteiger partial charge in [-0.05, 0) is 18.9 Å². The number of ether oxygens (including phenoxy) is 3. The highest BCUT2D eigenvalue weighted by atomic mass is 18.4. The van der Waals surface area contributed by atoms with Crippen molar-refractivity contribution in [2.45, 2.75) is 37.8 Å². The van der Waals surface area contributed by atoms with Gasteiger partial charge in [0.15, 0.2) is 0 Å². The van der Waals surface area contributed by atoms with Gasteiger partial charge < -0.3 is 14.2 Å². The summed E-state index contributed by atoms with van der Waals surface area (Å²) in [4.78, 5) is 0. The summed E-state index contributed by atoms with van der Waals surface area (Å²) in [7, 11) is 0. The SMILES string of the molecule is C[C@]12CC[18O][C@](CCc3ccccc3)(OC1)O2. The number of fused-ring (bicyclic) bond motifs is 2. The quantitative estimate of drug-likeness (QED) is 0.755. The Morgan fingerprint density at radius 3 is 2.94 bits per heavy atom. The second-order valence-corrected chi connectivity index (χ2v) is 5.11. The fourth-order valence-corrected chi connectivity index (χ4v) is 2.45. The van der Waals surface area contributed by atoms with Crippen LogP contribution in [-0.4, -0.2) is 24.8 Å². The van der Waals surface area contributed by atoms with E-state index in [2.05, 4.69) is 31.2 Å². The highest BCUT2D eigenvalue weighted by Crippen LogP contribution is 2.41. The van der Waals surface area contributed by atoms with E-state index in [1.54, 1.807) is 0 Å². The van der Waals surface area contributed by atoms with Gasteiger partial charge in [-0.15, -0.1) is 0 Å². The fourth-order valence-electron chi connectivity index (χ4n) is 2.45. The topological polar surface area (TPSA) is 27.7 Å². The molecule has 2 bridgehead atoms. The number of aryl methyl sites for hydroxylation is 1. The van der Waals surface area contributed by atoms with Crippen LogP contribution in [0.2, 0.25) is 0 Å². The first-order chi connectivity index (χ1) is 8.20. The molecule has 92 valence electrons. The number of hydrogen-bond donors (Lipinski definition) is 0. The molecule has 2 saturated heterocycles. The van der Waals surface area contributed by atoms with Gasteiger partial charge in [0, 0.05) is 12.8 Å². The zero-order valence-electron chi connectivity index (χ0n) is 10.1. The van der Waals surface area contributed by atoms with Gasteiger partial charge in [0.25, 0.3) is 5.97 Å². The second kappa shape index (κ2) is 4.09. The molecule has 3 heteroatoms. The van der Waals surface area contributed by atoms with Crippen LogP contribution in [0.4, 0.5) is 0 Å². The van der Waals surface area contributed by atoms with Crippen LogP contribution in [-0.2, 0) is 20.6 Å². The van der Waals surface area contributed by atoms with Gasteiger partial charge in [0.2, 0.25) is 0 Å². The Labute approximate surface area is 102 Å². The van der Waals surface area contributed by atoms with Crippen LogP contribution in [0.1, 0.15) is 25.3 Å². The molecule has 2 aliphatic heterocycles. The van der Waals surface area contributed by atoms with E-state index in [1.807, 2.05) is 6.07 Å². The third-order valence-corrected chi connectivity index (χ3v) is 3.51. The van der Waals surface area contributed by atoms with E-state index in [-0.39, 0.29) is 5.60 Å². The molecule has 3 nitrogen and oxygen atoms in total. The molecule has 2 heterocycles. The van der Waals surface area contributed by atoms with Crippen molar-refractivity contribution in [1.29, 1.82) is 0 Å². The van der Waals surface area contributed by atoms with Crippen molar-refractivity contribution < 1.29 is 14.2 Å². The van der Waals surface area contributed by atoms with Crippen molar-refractivity contribution in [3.05, 3.63) is 35.9 Å². The predicted octanol–water partition coefficient (Wildman–Crippen LogP) is 2.50. The lowest BCUT2D eigenvalue weighted by molar-refractivity contribution is -0.368. The van der Waals surface area contributed by atoms with Crippen LogP contribution in [0, 0.1) is 0 Å². The average Bonchev–Trinajstić information content (AvgIpc) is 2.59. The lowest BCUT2D eigenvalue weighted by Gasteiger charge is -2.35. The minimum atomic E-state index is -0.789. The molecule has 1 aromatic carbocycles. The van der Waals surface area contributed by atoms with Gasteiger partial charge in [0.1, 0.15) is 0 Å². The van der Waals surface area contributed by atoms with E-state index < -0.39 is 5.97 Å². The Bertz CT molecular complexity index is 392. The first-order valence-electron chi connectivity index (χ1n) is 6.22. The first-order valence-corrected chi connectivity index (χ1v) is 6.22. The summed E-state index contributed by atoms with van der Waals surface area (Å²) < 4.78 is 17.4. The Morgan fingerprint density at radius 1 is 1.29 bits per heavy atom. The molecule has 0 N–H and O–H groups in total. The van der Waals surface area contributed by atoms with E-state index in [0.29, 0.717) is 6.61 Å². The van der Waals surface area contributed by atoms with E-state index in [9.17, 15) is 0 Å². The van der Waals surface area contributed by atoms with Gasteiger partial charge in [0.05, 0.1) is 18.8 Å². The summed E-state index contributed by atoms with van der Waals surface area (Å²) in [6.45, 7) is 3.47. The van der Waals surface area contributed by atoms with Crippen LogP contribution in [0.3, 0.4) is 0 Å². The molecule has 3 rings (SSSR count).